The highest BCUT2D eigenvalue weighted by molar-refractivity contribution is 6.42. The van der Waals surface area contributed by atoms with Crippen LogP contribution in [0, 0.1) is 5.92 Å². The van der Waals surface area contributed by atoms with Gasteiger partial charge in [0.05, 0.1) is 28.9 Å². The van der Waals surface area contributed by atoms with E-state index in [0.717, 1.165) is 12.0 Å². The van der Waals surface area contributed by atoms with Gasteiger partial charge in [-0.05, 0) is 31.0 Å². The van der Waals surface area contributed by atoms with Crippen molar-refractivity contribution >= 4 is 23.2 Å². The van der Waals surface area contributed by atoms with Gasteiger partial charge in [0, 0.05) is 5.92 Å². The second kappa shape index (κ2) is 4.92. The van der Waals surface area contributed by atoms with Crippen LogP contribution >= 0.6 is 23.2 Å². The molecule has 1 aromatic carbocycles. The maximum absolute atomic E-state index is 10.2. The van der Waals surface area contributed by atoms with Crippen molar-refractivity contribution in [3.05, 3.63) is 33.8 Å². The summed E-state index contributed by atoms with van der Waals surface area (Å²) in [5.41, 5.74) is 0.803. The lowest BCUT2D eigenvalue weighted by molar-refractivity contribution is 0.0804. The van der Waals surface area contributed by atoms with Crippen LogP contribution < -0.4 is 0 Å². The molecule has 2 rings (SSSR count). The average molecular weight is 261 g/mol. The number of aliphatic hydroxyl groups is 1. The van der Waals surface area contributed by atoms with Gasteiger partial charge in [0.1, 0.15) is 0 Å². The lowest BCUT2D eigenvalue weighted by Gasteiger charge is -2.17. The summed E-state index contributed by atoms with van der Waals surface area (Å²) in [5.74, 6) is 0.146. The zero-order valence-electron chi connectivity index (χ0n) is 8.99. The summed E-state index contributed by atoms with van der Waals surface area (Å²) in [6.45, 7) is 2.62. The summed E-state index contributed by atoms with van der Waals surface area (Å²) in [6.07, 6.45) is 0.573. The minimum atomic E-state index is -0.528. The van der Waals surface area contributed by atoms with Crippen LogP contribution in [0.1, 0.15) is 25.0 Å². The first-order valence-electron chi connectivity index (χ1n) is 5.32. The molecular weight excluding hydrogens is 247 g/mol. The molecule has 3 unspecified atom stereocenters. The third-order valence-corrected chi connectivity index (χ3v) is 3.70. The molecule has 4 heteroatoms. The highest BCUT2D eigenvalue weighted by Gasteiger charge is 2.29. The summed E-state index contributed by atoms with van der Waals surface area (Å²) in [5, 5.41) is 11.2. The SMILES string of the molecule is CC1CC(C(O)c2ccc(Cl)c(Cl)c2)CO1. The van der Waals surface area contributed by atoms with E-state index in [1.54, 1.807) is 12.1 Å². The molecule has 0 aliphatic carbocycles. The van der Waals surface area contributed by atoms with Crippen molar-refractivity contribution in [1.82, 2.24) is 0 Å². The van der Waals surface area contributed by atoms with Gasteiger partial charge in [-0.25, -0.2) is 0 Å². The normalized spacial score (nSPS) is 27.0. The Bertz CT molecular complexity index is 381. The second-order valence-corrected chi connectivity index (χ2v) is 5.07. The monoisotopic (exact) mass is 260 g/mol. The van der Waals surface area contributed by atoms with E-state index in [9.17, 15) is 5.11 Å². The van der Waals surface area contributed by atoms with Gasteiger partial charge < -0.3 is 9.84 Å². The van der Waals surface area contributed by atoms with Crippen molar-refractivity contribution in [1.29, 1.82) is 0 Å². The molecule has 2 nitrogen and oxygen atoms in total. The summed E-state index contributed by atoms with van der Waals surface area (Å²) >= 11 is 11.7. The molecule has 1 saturated heterocycles. The summed E-state index contributed by atoms with van der Waals surface area (Å²) in [4.78, 5) is 0. The summed E-state index contributed by atoms with van der Waals surface area (Å²) in [6, 6.07) is 5.24. The molecule has 1 fully saturated rings. The van der Waals surface area contributed by atoms with Crippen molar-refractivity contribution in [3.63, 3.8) is 0 Å². The quantitative estimate of drug-likeness (QED) is 0.883. The van der Waals surface area contributed by atoms with Crippen LogP contribution in [-0.2, 0) is 4.74 Å². The molecule has 1 aromatic rings. The first-order valence-corrected chi connectivity index (χ1v) is 6.08. The largest absolute Gasteiger partial charge is 0.388 e. The Morgan fingerprint density at radius 1 is 1.38 bits per heavy atom. The fourth-order valence-corrected chi connectivity index (χ4v) is 2.35. The van der Waals surface area contributed by atoms with Crippen molar-refractivity contribution in [3.8, 4) is 0 Å². The van der Waals surface area contributed by atoms with E-state index in [1.807, 2.05) is 13.0 Å². The van der Waals surface area contributed by atoms with Gasteiger partial charge >= 0.3 is 0 Å². The number of benzene rings is 1. The third kappa shape index (κ3) is 2.51. The zero-order chi connectivity index (χ0) is 11.7. The van der Waals surface area contributed by atoms with E-state index < -0.39 is 6.10 Å². The van der Waals surface area contributed by atoms with Gasteiger partial charge in [0.15, 0.2) is 0 Å². The molecule has 1 N–H and O–H groups in total. The zero-order valence-corrected chi connectivity index (χ0v) is 10.5. The standard InChI is InChI=1S/C12H14Cl2O2/c1-7-4-9(6-16-7)12(15)8-2-3-10(13)11(14)5-8/h2-3,5,7,9,12,15H,4,6H2,1H3. The van der Waals surface area contributed by atoms with Crippen molar-refractivity contribution in [2.24, 2.45) is 5.92 Å². The number of halogens is 2. The van der Waals surface area contributed by atoms with Gasteiger partial charge in [0.25, 0.3) is 0 Å². The van der Waals surface area contributed by atoms with E-state index in [0.29, 0.717) is 16.7 Å². The van der Waals surface area contributed by atoms with Crippen molar-refractivity contribution in [2.75, 3.05) is 6.61 Å². The number of rotatable bonds is 2. The van der Waals surface area contributed by atoms with Crippen LogP contribution in [0.4, 0.5) is 0 Å². The maximum Gasteiger partial charge on any atom is 0.0841 e. The Balaban J connectivity index is 2.14. The first kappa shape index (κ1) is 12.2. The van der Waals surface area contributed by atoms with Crippen molar-refractivity contribution < 1.29 is 9.84 Å². The maximum atomic E-state index is 10.2. The van der Waals surface area contributed by atoms with Crippen molar-refractivity contribution in [2.45, 2.75) is 25.6 Å². The number of aliphatic hydroxyl groups excluding tert-OH is 1. The number of hydrogen-bond donors (Lipinski definition) is 1. The van der Waals surface area contributed by atoms with E-state index in [-0.39, 0.29) is 12.0 Å². The lowest BCUT2D eigenvalue weighted by Crippen LogP contribution is -2.12. The minimum Gasteiger partial charge on any atom is -0.388 e. The lowest BCUT2D eigenvalue weighted by atomic mass is 9.94. The Hall–Kier alpha value is -0.280. The summed E-state index contributed by atoms with van der Waals surface area (Å²) < 4.78 is 5.44. The molecule has 0 amide bonds. The molecule has 0 radical (unpaired) electrons. The Labute approximate surface area is 105 Å². The highest BCUT2D eigenvalue weighted by Crippen LogP contribution is 2.34. The molecule has 1 aliphatic heterocycles. The van der Waals surface area contributed by atoms with Gasteiger partial charge in [-0.15, -0.1) is 0 Å². The van der Waals surface area contributed by atoms with E-state index >= 15 is 0 Å². The van der Waals surface area contributed by atoms with Crippen LogP contribution in [0.25, 0.3) is 0 Å². The van der Waals surface area contributed by atoms with Gasteiger partial charge in [-0.1, -0.05) is 29.3 Å². The highest BCUT2D eigenvalue weighted by atomic mass is 35.5. The van der Waals surface area contributed by atoms with Crippen LogP contribution in [0.2, 0.25) is 10.0 Å². The fraction of sp³-hybridized carbons (Fsp3) is 0.500. The third-order valence-electron chi connectivity index (χ3n) is 2.96. The predicted molar refractivity (Wildman–Crippen MR) is 64.9 cm³/mol. The summed E-state index contributed by atoms with van der Waals surface area (Å²) in [7, 11) is 0. The molecule has 16 heavy (non-hydrogen) atoms. The molecule has 88 valence electrons. The van der Waals surface area contributed by atoms with Crippen LogP contribution in [0.15, 0.2) is 18.2 Å². The first-order chi connectivity index (χ1) is 7.58. The molecular formula is C12H14Cl2O2. The molecule has 0 aromatic heterocycles. The predicted octanol–water partition coefficient (Wildman–Crippen LogP) is 3.45. The van der Waals surface area contributed by atoms with E-state index in [2.05, 4.69) is 0 Å². The van der Waals surface area contributed by atoms with Crippen LogP contribution in [0.3, 0.4) is 0 Å². The van der Waals surface area contributed by atoms with Gasteiger partial charge in [0.2, 0.25) is 0 Å². The average Bonchev–Trinajstić information content (AvgIpc) is 2.68. The van der Waals surface area contributed by atoms with Gasteiger partial charge in [-0.3, -0.25) is 0 Å². The number of hydrogen-bond acceptors (Lipinski definition) is 2. The fourth-order valence-electron chi connectivity index (χ4n) is 2.04. The second-order valence-electron chi connectivity index (χ2n) is 4.26. The molecule has 0 bridgehead atoms. The Kier molecular flexibility index (Phi) is 3.75. The smallest absolute Gasteiger partial charge is 0.0841 e. The molecule has 3 atom stereocenters. The molecule has 0 saturated carbocycles. The van der Waals surface area contributed by atoms with Gasteiger partial charge in [-0.2, -0.15) is 0 Å². The van der Waals surface area contributed by atoms with E-state index in [4.69, 9.17) is 27.9 Å². The molecule has 1 heterocycles. The Morgan fingerprint density at radius 2 is 2.12 bits per heavy atom. The van der Waals surface area contributed by atoms with Crippen LogP contribution in [0.5, 0.6) is 0 Å². The molecule has 1 aliphatic rings. The number of ether oxygens (including phenoxy) is 1. The van der Waals surface area contributed by atoms with E-state index in [1.165, 1.54) is 0 Å². The minimum absolute atomic E-state index is 0.146. The topological polar surface area (TPSA) is 29.5 Å². The Morgan fingerprint density at radius 3 is 2.69 bits per heavy atom. The van der Waals surface area contributed by atoms with Crippen LogP contribution in [-0.4, -0.2) is 17.8 Å². The molecule has 0 spiro atoms.